The molecule has 70 heavy (non-hydrogen) atoms. The summed E-state index contributed by atoms with van der Waals surface area (Å²) in [6.45, 7) is 6.42. The minimum Gasteiger partial charge on any atom is -0.462 e. The second-order valence-corrected chi connectivity index (χ2v) is 18.8. The van der Waals surface area contributed by atoms with E-state index in [2.05, 4.69) is 130 Å². The molecule has 0 spiro atoms. The van der Waals surface area contributed by atoms with E-state index in [1.165, 1.54) is 89.9 Å². The second-order valence-electron chi connectivity index (χ2n) is 18.8. The Morgan fingerprint density at radius 2 is 0.586 bits per heavy atom. The van der Waals surface area contributed by atoms with Crippen LogP contribution in [0.4, 0.5) is 0 Å². The highest BCUT2D eigenvalue weighted by Crippen LogP contribution is 2.15. The van der Waals surface area contributed by atoms with Gasteiger partial charge in [0.05, 0.1) is 0 Å². The molecule has 0 aliphatic heterocycles. The average Bonchev–Trinajstić information content (AvgIpc) is 3.36. The largest absolute Gasteiger partial charge is 0.462 e. The topological polar surface area (TPSA) is 78.9 Å². The SMILES string of the molecule is CC/C=C\C/C=C\C/C=C\C/C=C\C/C=C\C/C=C\C/C=C\C/C=C\CCCCC(=O)OCC(COC(=O)CCCCCCC/C=C\CCC)OC(=O)CCCCCCCCCCCCCCCCC. The number of esters is 3. The summed E-state index contributed by atoms with van der Waals surface area (Å²) in [5, 5.41) is 0. The summed E-state index contributed by atoms with van der Waals surface area (Å²) in [6, 6.07) is 0. The minimum absolute atomic E-state index is 0.0958. The van der Waals surface area contributed by atoms with Crippen molar-refractivity contribution in [3.8, 4) is 0 Å². The third-order valence-electron chi connectivity index (χ3n) is 12.0. The molecule has 1 atom stereocenters. The van der Waals surface area contributed by atoms with Crippen molar-refractivity contribution in [3.63, 3.8) is 0 Å². The number of unbranched alkanes of at least 4 members (excludes halogenated alkanes) is 22. The van der Waals surface area contributed by atoms with Crippen molar-refractivity contribution >= 4 is 17.9 Å². The first-order chi connectivity index (χ1) is 34.5. The molecule has 0 fully saturated rings. The van der Waals surface area contributed by atoms with Crippen LogP contribution in [-0.2, 0) is 28.6 Å². The number of allylic oxidation sites excluding steroid dienone is 18. The zero-order valence-corrected chi connectivity index (χ0v) is 45.5. The van der Waals surface area contributed by atoms with Crippen LogP contribution in [0, 0.1) is 0 Å². The van der Waals surface area contributed by atoms with E-state index in [-0.39, 0.29) is 31.1 Å². The van der Waals surface area contributed by atoms with Gasteiger partial charge in [-0.05, 0) is 103 Å². The van der Waals surface area contributed by atoms with Crippen molar-refractivity contribution in [2.24, 2.45) is 0 Å². The Hall–Kier alpha value is -3.93. The Morgan fingerprint density at radius 1 is 0.300 bits per heavy atom. The van der Waals surface area contributed by atoms with Gasteiger partial charge in [-0.25, -0.2) is 0 Å². The van der Waals surface area contributed by atoms with E-state index in [4.69, 9.17) is 14.2 Å². The van der Waals surface area contributed by atoms with Crippen LogP contribution in [0.2, 0.25) is 0 Å². The van der Waals surface area contributed by atoms with E-state index < -0.39 is 6.10 Å². The minimum atomic E-state index is -0.798. The Morgan fingerprint density at radius 3 is 0.971 bits per heavy atom. The standard InChI is InChI=1S/C64H106O6/c1-4-7-10-13-16-19-22-24-26-27-28-29-30-31-32-33-34-35-36-37-39-40-42-45-48-51-54-57-63(66)69-60-61(59-68-62(65)56-53-50-47-44-21-18-15-12-9-6-3)70-64(67)58-55-52-49-46-43-41-38-25-23-20-17-14-11-8-5-2/h7,10,12,15-16,19,24,26,28-29,31-32,34-35,37,39,42,45,61H,4-6,8-9,11,13-14,17-18,20-23,25,27,30,33,36,38,40-41,43-44,46-60H2,1-3H3/b10-7-,15-12-,19-16-,26-24-,29-28-,32-31-,35-34-,39-37-,45-42-. The maximum atomic E-state index is 12.8. The average molecular weight is 972 g/mol. The van der Waals surface area contributed by atoms with Crippen LogP contribution >= 0.6 is 0 Å². The van der Waals surface area contributed by atoms with Gasteiger partial charge in [0.25, 0.3) is 0 Å². The van der Waals surface area contributed by atoms with Gasteiger partial charge >= 0.3 is 17.9 Å². The molecule has 0 bridgehead atoms. The van der Waals surface area contributed by atoms with Gasteiger partial charge in [0.1, 0.15) is 13.2 Å². The highest BCUT2D eigenvalue weighted by atomic mass is 16.6. The number of carbonyl (C=O) groups excluding carboxylic acids is 3. The van der Waals surface area contributed by atoms with Gasteiger partial charge in [0.15, 0.2) is 6.10 Å². The van der Waals surface area contributed by atoms with Gasteiger partial charge < -0.3 is 14.2 Å². The predicted molar refractivity (Wildman–Crippen MR) is 302 cm³/mol. The molecule has 0 aromatic heterocycles. The van der Waals surface area contributed by atoms with Crippen LogP contribution in [0.15, 0.2) is 109 Å². The van der Waals surface area contributed by atoms with Crippen LogP contribution in [0.1, 0.15) is 258 Å². The summed E-state index contributed by atoms with van der Waals surface area (Å²) >= 11 is 0. The normalized spacial score (nSPS) is 12.9. The molecule has 1 unspecified atom stereocenters. The van der Waals surface area contributed by atoms with Gasteiger partial charge in [0.2, 0.25) is 0 Å². The van der Waals surface area contributed by atoms with Crippen molar-refractivity contribution in [1.82, 2.24) is 0 Å². The Balaban J connectivity index is 4.37. The number of ether oxygens (including phenoxy) is 3. The number of rotatable bonds is 51. The summed E-state index contributed by atoms with van der Waals surface area (Å²) in [5.74, 6) is -0.950. The number of hydrogen-bond donors (Lipinski definition) is 0. The number of carbonyl (C=O) groups is 3. The predicted octanol–water partition coefficient (Wildman–Crippen LogP) is 19.5. The molecule has 0 aliphatic rings. The molecule has 6 nitrogen and oxygen atoms in total. The maximum Gasteiger partial charge on any atom is 0.306 e. The number of hydrogen-bond acceptors (Lipinski definition) is 6. The lowest BCUT2D eigenvalue weighted by Gasteiger charge is -2.18. The maximum absolute atomic E-state index is 12.8. The van der Waals surface area contributed by atoms with E-state index in [9.17, 15) is 14.4 Å². The van der Waals surface area contributed by atoms with Crippen molar-refractivity contribution in [2.75, 3.05) is 13.2 Å². The highest BCUT2D eigenvalue weighted by Gasteiger charge is 2.19. The van der Waals surface area contributed by atoms with Gasteiger partial charge in [-0.1, -0.05) is 246 Å². The van der Waals surface area contributed by atoms with E-state index >= 15 is 0 Å². The smallest absolute Gasteiger partial charge is 0.306 e. The Labute approximate surface area is 431 Å². The quantitative estimate of drug-likeness (QED) is 0.0262. The van der Waals surface area contributed by atoms with Crippen LogP contribution in [0.5, 0.6) is 0 Å². The summed E-state index contributed by atoms with van der Waals surface area (Å²) in [7, 11) is 0. The molecule has 398 valence electrons. The molecule has 0 heterocycles. The van der Waals surface area contributed by atoms with Crippen molar-refractivity contribution in [2.45, 2.75) is 264 Å². The molecule has 0 amide bonds. The van der Waals surface area contributed by atoms with Crippen molar-refractivity contribution < 1.29 is 28.6 Å². The van der Waals surface area contributed by atoms with Gasteiger partial charge in [-0.3, -0.25) is 14.4 Å². The Bertz CT molecular complexity index is 1440. The monoisotopic (exact) mass is 971 g/mol. The molecule has 6 heteroatoms. The zero-order chi connectivity index (χ0) is 50.7. The lowest BCUT2D eigenvalue weighted by atomic mass is 10.0. The molecule has 0 aliphatic carbocycles. The fraction of sp³-hybridized carbons (Fsp3) is 0.672. The summed E-state index contributed by atoms with van der Waals surface area (Å²) in [6.07, 6.45) is 78.0. The van der Waals surface area contributed by atoms with Crippen LogP contribution in [0.3, 0.4) is 0 Å². The summed E-state index contributed by atoms with van der Waals surface area (Å²) in [5.41, 5.74) is 0. The van der Waals surface area contributed by atoms with Gasteiger partial charge in [0, 0.05) is 19.3 Å². The molecule has 0 saturated heterocycles. The van der Waals surface area contributed by atoms with Gasteiger partial charge in [-0.2, -0.15) is 0 Å². The van der Waals surface area contributed by atoms with E-state index in [0.717, 1.165) is 128 Å². The van der Waals surface area contributed by atoms with Gasteiger partial charge in [-0.15, -0.1) is 0 Å². The third kappa shape index (κ3) is 55.0. The molecule has 0 aromatic carbocycles. The summed E-state index contributed by atoms with van der Waals surface area (Å²) < 4.78 is 16.8. The van der Waals surface area contributed by atoms with Crippen LogP contribution in [0.25, 0.3) is 0 Å². The molecule has 0 rings (SSSR count). The summed E-state index contributed by atoms with van der Waals surface area (Å²) in [4.78, 5) is 38.0. The zero-order valence-electron chi connectivity index (χ0n) is 45.5. The second kappa shape index (κ2) is 57.6. The first-order valence-electron chi connectivity index (χ1n) is 28.9. The third-order valence-corrected chi connectivity index (χ3v) is 12.0. The highest BCUT2D eigenvalue weighted by molar-refractivity contribution is 5.71. The van der Waals surface area contributed by atoms with Crippen molar-refractivity contribution in [1.29, 1.82) is 0 Å². The van der Waals surface area contributed by atoms with Crippen molar-refractivity contribution in [3.05, 3.63) is 109 Å². The molecular weight excluding hydrogens is 865 g/mol. The van der Waals surface area contributed by atoms with E-state index in [0.29, 0.717) is 19.3 Å². The van der Waals surface area contributed by atoms with E-state index in [1.807, 2.05) is 0 Å². The molecule has 0 saturated carbocycles. The molecule has 0 aromatic rings. The first kappa shape index (κ1) is 66.1. The lowest BCUT2D eigenvalue weighted by molar-refractivity contribution is -0.167. The molecule has 0 N–H and O–H groups in total. The Kier molecular flexibility index (Phi) is 54.4. The molecule has 0 radical (unpaired) electrons. The lowest BCUT2D eigenvalue weighted by Crippen LogP contribution is -2.30. The molecular formula is C64H106O6. The van der Waals surface area contributed by atoms with E-state index in [1.54, 1.807) is 0 Å². The van der Waals surface area contributed by atoms with Crippen LogP contribution < -0.4 is 0 Å². The fourth-order valence-corrected chi connectivity index (χ4v) is 7.70. The fourth-order valence-electron chi connectivity index (χ4n) is 7.70. The first-order valence-corrected chi connectivity index (χ1v) is 28.9. The van der Waals surface area contributed by atoms with Crippen LogP contribution in [-0.4, -0.2) is 37.2 Å².